The van der Waals surface area contributed by atoms with Crippen LogP contribution in [-0.4, -0.2) is 40.2 Å². The van der Waals surface area contributed by atoms with Gasteiger partial charge in [0.1, 0.15) is 6.04 Å². The largest absolute Gasteiger partial charge is 0.343 e. The van der Waals surface area contributed by atoms with Gasteiger partial charge < -0.3 is 16.0 Å². The highest BCUT2D eigenvalue weighted by Crippen LogP contribution is 2.20. The van der Waals surface area contributed by atoms with Crippen molar-refractivity contribution >= 4 is 17.5 Å². The van der Waals surface area contributed by atoms with Gasteiger partial charge in [0, 0.05) is 19.8 Å². The van der Waals surface area contributed by atoms with E-state index in [1.807, 2.05) is 13.8 Å². The summed E-state index contributed by atoms with van der Waals surface area (Å²) in [4.78, 5) is 25.8. The molecule has 1 aliphatic heterocycles. The first-order valence-electron chi connectivity index (χ1n) is 6.76. The zero-order valence-electron chi connectivity index (χ0n) is 12.0. The van der Waals surface area contributed by atoms with E-state index in [1.165, 1.54) is 0 Å². The van der Waals surface area contributed by atoms with E-state index in [1.54, 1.807) is 29.0 Å². The SMILES string of the molecule is CC(C)[C@H](N)C(=O)NC1CCN(c2cnn(C)c2)C1=O. The molecule has 2 amide bonds. The monoisotopic (exact) mass is 279 g/mol. The molecule has 1 fully saturated rings. The van der Waals surface area contributed by atoms with Crippen LogP contribution >= 0.6 is 0 Å². The first-order chi connectivity index (χ1) is 9.40. The van der Waals surface area contributed by atoms with Crippen LogP contribution in [-0.2, 0) is 16.6 Å². The second-order valence-corrected chi connectivity index (χ2v) is 5.48. The second kappa shape index (κ2) is 5.62. The molecule has 1 aliphatic rings. The van der Waals surface area contributed by atoms with Crippen molar-refractivity contribution in [3.63, 3.8) is 0 Å². The average Bonchev–Trinajstić information content (AvgIpc) is 2.96. The predicted molar refractivity (Wildman–Crippen MR) is 74.9 cm³/mol. The van der Waals surface area contributed by atoms with Crippen molar-refractivity contribution in [2.24, 2.45) is 18.7 Å². The first-order valence-corrected chi connectivity index (χ1v) is 6.76. The van der Waals surface area contributed by atoms with Crippen LogP contribution in [0.4, 0.5) is 5.69 Å². The van der Waals surface area contributed by atoms with E-state index in [0.29, 0.717) is 13.0 Å². The molecule has 1 aromatic heterocycles. The number of hydrogen-bond donors (Lipinski definition) is 2. The van der Waals surface area contributed by atoms with Crippen LogP contribution < -0.4 is 16.0 Å². The number of aryl methyl sites for hydroxylation is 1. The van der Waals surface area contributed by atoms with Crippen LogP contribution in [0.25, 0.3) is 0 Å². The number of anilines is 1. The maximum Gasteiger partial charge on any atom is 0.249 e. The number of nitrogens with zero attached hydrogens (tertiary/aromatic N) is 3. The third-order valence-electron chi connectivity index (χ3n) is 3.55. The number of nitrogens with two attached hydrogens (primary N) is 1. The molecule has 0 radical (unpaired) electrons. The van der Waals surface area contributed by atoms with Gasteiger partial charge in [-0.2, -0.15) is 5.10 Å². The van der Waals surface area contributed by atoms with Gasteiger partial charge in [0.25, 0.3) is 0 Å². The molecule has 20 heavy (non-hydrogen) atoms. The van der Waals surface area contributed by atoms with Gasteiger partial charge in [-0.25, -0.2) is 0 Å². The minimum atomic E-state index is -0.588. The molecule has 3 N–H and O–H groups in total. The van der Waals surface area contributed by atoms with E-state index in [-0.39, 0.29) is 17.7 Å². The van der Waals surface area contributed by atoms with Gasteiger partial charge in [-0.1, -0.05) is 13.8 Å². The van der Waals surface area contributed by atoms with Gasteiger partial charge in [0.05, 0.1) is 17.9 Å². The van der Waals surface area contributed by atoms with Crippen LogP contribution in [0.15, 0.2) is 12.4 Å². The molecule has 7 heteroatoms. The fourth-order valence-electron chi connectivity index (χ4n) is 2.19. The molecule has 1 unspecified atom stereocenters. The summed E-state index contributed by atoms with van der Waals surface area (Å²) in [6, 6.07) is -1.08. The smallest absolute Gasteiger partial charge is 0.249 e. The summed E-state index contributed by atoms with van der Waals surface area (Å²) in [6.45, 7) is 4.33. The third kappa shape index (κ3) is 2.82. The number of rotatable bonds is 4. The highest BCUT2D eigenvalue weighted by atomic mass is 16.2. The fraction of sp³-hybridized carbons (Fsp3) is 0.615. The second-order valence-electron chi connectivity index (χ2n) is 5.48. The molecule has 0 bridgehead atoms. The van der Waals surface area contributed by atoms with E-state index >= 15 is 0 Å². The maximum atomic E-state index is 12.3. The molecule has 1 saturated heterocycles. The van der Waals surface area contributed by atoms with Crippen molar-refractivity contribution < 1.29 is 9.59 Å². The van der Waals surface area contributed by atoms with Crippen molar-refractivity contribution in [2.45, 2.75) is 32.4 Å². The topological polar surface area (TPSA) is 93.2 Å². The Morgan fingerprint density at radius 2 is 2.25 bits per heavy atom. The molecule has 0 saturated carbocycles. The molecule has 0 spiro atoms. The molecule has 0 aliphatic carbocycles. The lowest BCUT2D eigenvalue weighted by molar-refractivity contribution is -0.127. The van der Waals surface area contributed by atoms with E-state index in [2.05, 4.69) is 10.4 Å². The Bertz CT molecular complexity index is 511. The van der Waals surface area contributed by atoms with Crippen molar-refractivity contribution in [1.29, 1.82) is 0 Å². The number of aromatic nitrogens is 2. The van der Waals surface area contributed by atoms with Crippen LogP contribution in [0.5, 0.6) is 0 Å². The number of nitrogens with one attached hydrogen (secondary N) is 1. The fourth-order valence-corrected chi connectivity index (χ4v) is 2.19. The highest BCUT2D eigenvalue weighted by molar-refractivity contribution is 6.01. The summed E-state index contributed by atoms with van der Waals surface area (Å²) >= 11 is 0. The van der Waals surface area contributed by atoms with E-state index < -0.39 is 12.1 Å². The Hall–Kier alpha value is -1.89. The van der Waals surface area contributed by atoms with Crippen LogP contribution in [0, 0.1) is 5.92 Å². The highest BCUT2D eigenvalue weighted by Gasteiger charge is 2.35. The normalized spacial score (nSPS) is 20.6. The Balaban J connectivity index is 1.99. The lowest BCUT2D eigenvalue weighted by Crippen LogP contribution is -2.50. The summed E-state index contributed by atoms with van der Waals surface area (Å²) in [6.07, 6.45) is 4.01. The Kier molecular flexibility index (Phi) is 4.08. The summed E-state index contributed by atoms with van der Waals surface area (Å²) in [5.41, 5.74) is 6.53. The number of carbonyl (C=O) groups is 2. The van der Waals surface area contributed by atoms with Gasteiger partial charge in [0.15, 0.2) is 0 Å². The van der Waals surface area contributed by atoms with Crippen LogP contribution in [0.2, 0.25) is 0 Å². The van der Waals surface area contributed by atoms with Crippen molar-refractivity contribution in [1.82, 2.24) is 15.1 Å². The summed E-state index contributed by atoms with van der Waals surface area (Å²) in [5, 5.41) is 6.78. The van der Waals surface area contributed by atoms with E-state index in [0.717, 1.165) is 5.69 Å². The lowest BCUT2D eigenvalue weighted by Gasteiger charge is -2.19. The molecule has 2 heterocycles. The van der Waals surface area contributed by atoms with Gasteiger partial charge in [0.2, 0.25) is 11.8 Å². The van der Waals surface area contributed by atoms with Gasteiger partial charge >= 0.3 is 0 Å². The molecule has 110 valence electrons. The molecule has 2 atom stereocenters. The minimum Gasteiger partial charge on any atom is -0.343 e. The lowest BCUT2D eigenvalue weighted by atomic mass is 10.0. The van der Waals surface area contributed by atoms with E-state index in [9.17, 15) is 9.59 Å². The minimum absolute atomic E-state index is 0.0425. The maximum absolute atomic E-state index is 12.3. The Morgan fingerprint density at radius 3 is 2.80 bits per heavy atom. The summed E-state index contributed by atoms with van der Waals surface area (Å²) in [7, 11) is 1.80. The van der Waals surface area contributed by atoms with E-state index in [4.69, 9.17) is 5.73 Å². The summed E-state index contributed by atoms with van der Waals surface area (Å²) < 4.78 is 1.64. The number of amides is 2. The van der Waals surface area contributed by atoms with Crippen molar-refractivity contribution in [3.8, 4) is 0 Å². The molecule has 7 nitrogen and oxygen atoms in total. The quantitative estimate of drug-likeness (QED) is 0.786. The molecule has 1 aromatic rings. The van der Waals surface area contributed by atoms with Crippen molar-refractivity contribution in [3.05, 3.63) is 12.4 Å². The standard InChI is InChI=1S/C13H21N5O2/c1-8(2)11(14)12(19)16-10-4-5-18(13(10)20)9-6-15-17(3)7-9/h6-8,10-11H,4-5,14H2,1-3H3,(H,16,19)/t10?,11-/m0/s1. The zero-order chi connectivity index (χ0) is 14.9. The van der Waals surface area contributed by atoms with Gasteiger partial charge in [-0.05, 0) is 12.3 Å². The van der Waals surface area contributed by atoms with Crippen molar-refractivity contribution in [2.75, 3.05) is 11.4 Å². The predicted octanol–water partition coefficient (Wildman–Crippen LogP) is -0.375. The van der Waals surface area contributed by atoms with Crippen LogP contribution in [0.3, 0.4) is 0 Å². The Labute approximate surface area is 118 Å². The molecular weight excluding hydrogens is 258 g/mol. The first kappa shape index (κ1) is 14.5. The zero-order valence-corrected chi connectivity index (χ0v) is 12.0. The average molecular weight is 279 g/mol. The Morgan fingerprint density at radius 1 is 1.55 bits per heavy atom. The van der Waals surface area contributed by atoms with Gasteiger partial charge in [-0.15, -0.1) is 0 Å². The molecule has 0 aromatic carbocycles. The molecule has 2 rings (SSSR count). The number of carbonyl (C=O) groups excluding carboxylic acids is 2. The third-order valence-corrected chi connectivity index (χ3v) is 3.55. The molecular formula is C13H21N5O2. The summed E-state index contributed by atoms with van der Waals surface area (Å²) in [5.74, 6) is -0.338. The van der Waals surface area contributed by atoms with Crippen LogP contribution in [0.1, 0.15) is 20.3 Å². The van der Waals surface area contributed by atoms with Gasteiger partial charge in [-0.3, -0.25) is 14.3 Å². The number of hydrogen-bond acceptors (Lipinski definition) is 4.